The summed E-state index contributed by atoms with van der Waals surface area (Å²) in [6.07, 6.45) is 1.75. The first-order chi connectivity index (χ1) is 8.38. The zero-order valence-corrected chi connectivity index (χ0v) is 15.3. The molecule has 0 amide bonds. The maximum atomic E-state index is 12.1. The van der Waals surface area contributed by atoms with Crippen LogP contribution in [0.25, 0.3) is 0 Å². The Morgan fingerprint density at radius 2 is 1.78 bits per heavy atom. The van der Waals surface area contributed by atoms with Gasteiger partial charge in [0.2, 0.25) is 10.0 Å². The molecule has 0 heterocycles. The molecule has 0 spiro atoms. The molecule has 1 aromatic carbocycles. The van der Waals surface area contributed by atoms with E-state index in [9.17, 15) is 8.42 Å². The van der Waals surface area contributed by atoms with Crippen LogP contribution >= 0.6 is 61.7 Å². The van der Waals surface area contributed by atoms with E-state index in [1.54, 1.807) is 0 Å². The molecular weight excluding hydrogens is 476 g/mol. The van der Waals surface area contributed by atoms with Gasteiger partial charge in [-0.05, 0) is 29.4 Å². The number of alkyl halides is 1. The summed E-state index contributed by atoms with van der Waals surface area (Å²) in [7, 11) is -3.66. The lowest BCUT2D eigenvalue weighted by Crippen LogP contribution is -2.25. The van der Waals surface area contributed by atoms with Crippen LogP contribution in [0.5, 0.6) is 0 Å². The minimum absolute atomic E-state index is 0.0662. The number of hydrogen-bond acceptors (Lipinski definition) is 2. The van der Waals surface area contributed by atoms with Crippen LogP contribution in [0.15, 0.2) is 21.5 Å². The lowest BCUT2D eigenvalue weighted by molar-refractivity contribution is 0.579. The number of benzene rings is 1. The Bertz CT molecular complexity index is 502. The summed E-state index contributed by atoms with van der Waals surface area (Å²) < 4.78 is 28.2. The Balaban J connectivity index is 2.92. The van der Waals surface area contributed by atoms with Crippen molar-refractivity contribution in [1.82, 2.24) is 4.72 Å². The Labute approximate surface area is 139 Å². The average molecular weight is 487 g/mol. The quantitative estimate of drug-likeness (QED) is 0.371. The topological polar surface area (TPSA) is 46.2 Å². The summed E-state index contributed by atoms with van der Waals surface area (Å²) in [6.45, 7) is 0.383. The van der Waals surface area contributed by atoms with E-state index in [0.717, 1.165) is 17.3 Å². The van der Waals surface area contributed by atoms with E-state index in [1.807, 2.05) is 0 Å². The second kappa shape index (κ2) is 7.64. The molecule has 0 fully saturated rings. The molecular formula is C10H11BrCl2INO2S. The number of hydrogen-bond donors (Lipinski definition) is 1. The SMILES string of the molecule is O=S(=O)(NCCCCI)c1c(Cl)cc(Br)cc1Cl. The number of rotatable bonds is 6. The first-order valence-electron chi connectivity index (χ1n) is 5.08. The van der Waals surface area contributed by atoms with Crippen molar-refractivity contribution in [2.75, 3.05) is 11.0 Å². The standard InChI is InChI=1S/C10H11BrCl2INO2S/c11-7-5-8(12)10(9(13)6-7)18(16,17)15-4-2-1-3-14/h5-6,15H,1-4H2. The van der Waals surface area contributed by atoms with Gasteiger partial charge in [-0.1, -0.05) is 61.7 Å². The molecule has 0 aliphatic heterocycles. The molecule has 8 heteroatoms. The molecule has 0 aliphatic carbocycles. The van der Waals surface area contributed by atoms with E-state index < -0.39 is 10.0 Å². The summed E-state index contributed by atoms with van der Waals surface area (Å²) >= 11 is 17.3. The highest BCUT2D eigenvalue weighted by molar-refractivity contribution is 14.1. The fourth-order valence-corrected chi connectivity index (χ4v) is 4.83. The van der Waals surface area contributed by atoms with Crippen molar-refractivity contribution in [1.29, 1.82) is 0 Å². The van der Waals surface area contributed by atoms with Gasteiger partial charge in [0.1, 0.15) is 4.90 Å². The van der Waals surface area contributed by atoms with Crippen molar-refractivity contribution in [3.63, 3.8) is 0 Å². The van der Waals surface area contributed by atoms with Crippen molar-refractivity contribution < 1.29 is 8.42 Å². The van der Waals surface area contributed by atoms with E-state index in [0.29, 0.717) is 11.0 Å². The van der Waals surface area contributed by atoms with Gasteiger partial charge in [-0.2, -0.15) is 0 Å². The molecule has 1 rings (SSSR count). The Morgan fingerprint density at radius 3 is 2.28 bits per heavy atom. The minimum atomic E-state index is -3.66. The third-order valence-electron chi connectivity index (χ3n) is 2.08. The number of unbranched alkanes of at least 4 members (excludes halogenated alkanes) is 1. The highest BCUT2D eigenvalue weighted by Gasteiger charge is 2.21. The van der Waals surface area contributed by atoms with Gasteiger partial charge in [0, 0.05) is 11.0 Å². The van der Waals surface area contributed by atoms with Crippen molar-refractivity contribution in [2.24, 2.45) is 0 Å². The van der Waals surface area contributed by atoms with E-state index in [-0.39, 0.29) is 14.9 Å². The Kier molecular flexibility index (Phi) is 7.20. The van der Waals surface area contributed by atoms with Gasteiger partial charge in [-0.15, -0.1) is 0 Å². The zero-order valence-electron chi connectivity index (χ0n) is 9.22. The van der Waals surface area contributed by atoms with Crippen LogP contribution in [0.1, 0.15) is 12.8 Å². The highest BCUT2D eigenvalue weighted by atomic mass is 127. The number of sulfonamides is 1. The lowest BCUT2D eigenvalue weighted by atomic mass is 10.3. The van der Waals surface area contributed by atoms with Gasteiger partial charge in [-0.3, -0.25) is 0 Å². The third kappa shape index (κ3) is 4.79. The average Bonchev–Trinajstić information content (AvgIpc) is 2.22. The highest BCUT2D eigenvalue weighted by Crippen LogP contribution is 2.32. The molecule has 0 bridgehead atoms. The first kappa shape index (κ1) is 17.0. The summed E-state index contributed by atoms with van der Waals surface area (Å²) in [6, 6.07) is 3.01. The normalized spacial score (nSPS) is 11.8. The van der Waals surface area contributed by atoms with Gasteiger partial charge in [0.15, 0.2) is 0 Å². The zero-order chi connectivity index (χ0) is 13.8. The number of nitrogens with one attached hydrogen (secondary N) is 1. The molecule has 0 aromatic heterocycles. The van der Waals surface area contributed by atoms with Gasteiger partial charge in [-0.25, -0.2) is 13.1 Å². The van der Waals surface area contributed by atoms with Gasteiger partial charge in [0.25, 0.3) is 0 Å². The summed E-state index contributed by atoms with van der Waals surface area (Å²) in [5.41, 5.74) is 0. The molecule has 0 unspecified atom stereocenters. The van der Waals surface area contributed by atoms with Crippen molar-refractivity contribution in [2.45, 2.75) is 17.7 Å². The van der Waals surface area contributed by atoms with Gasteiger partial charge < -0.3 is 0 Å². The molecule has 0 aliphatic rings. The van der Waals surface area contributed by atoms with Crippen molar-refractivity contribution in [3.05, 3.63) is 26.7 Å². The van der Waals surface area contributed by atoms with Crippen LogP contribution in [0, 0.1) is 0 Å². The van der Waals surface area contributed by atoms with Gasteiger partial charge in [0.05, 0.1) is 10.0 Å². The molecule has 102 valence electrons. The molecule has 18 heavy (non-hydrogen) atoms. The summed E-state index contributed by atoms with van der Waals surface area (Å²) in [4.78, 5) is -0.0662. The van der Waals surface area contributed by atoms with Crippen LogP contribution in [-0.2, 0) is 10.0 Å². The van der Waals surface area contributed by atoms with Crippen LogP contribution < -0.4 is 4.72 Å². The number of halogens is 4. The third-order valence-corrected chi connectivity index (χ3v) is 5.69. The van der Waals surface area contributed by atoms with Crippen LogP contribution in [0.2, 0.25) is 10.0 Å². The van der Waals surface area contributed by atoms with E-state index >= 15 is 0 Å². The molecule has 1 N–H and O–H groups in total. The van der Waals surface area contributed by atoms with Crippen LogP contribution in [-0.4, -0.2) is 19.4 Å². The van der Waals surface area contributed by atoms with Crippen molar-refractivity contribution >= 4 is 71.7 Å². The summed E-state index contributed by atoms with van der Waals surface area (Å²) in [5.74, 6) is 0. The largest absolute Gasteiger partial charge is 0.243 e. The summed E-state index contributed by atoms with van der Waals surface area (Å²) in [5, 5.41) is 0.214. The Hall–Kier alpha value is 0.920. The maximum Gasteiger partial charge on any atom is 0.243 e. The fraction of sp³-hybridized carbons (Fsp3) is 0.400. The minimum Gasteiger partial charge on any atom is -0.211 e. The van der Waals surface area contributed by atoms with Gasteiger partial charge >= 0.3 is 0 Å². The molecule has 1 aromatic rings. The monoisotopic (exact) mass is 485 g/mol. The predicted octanol–water partition coefficient (Wildman–Crippen LogP) is 4.25. The molecule has 0 radical (unpaired) electrons. The smallest absolute Gasteiger partial charge is 0.211 e. The van der Waals surface area contributed by atoms with E-state index in [1.165, 1.54) is 12.1 Å². The van der Waals surface area contributed by atoms with E-state index in [2.05, 4.69) is 43.2 Å². The lowest BCUT2D eigenvalue weighted by Gasteiger charge is -2.10. The second-order valence-electron chi connectivity index (χ2n) is 3.49. The second-order valence-corrected chi connectivity index (χ2v) is 8.01. The first-order valence-corrected chi connectivity index (χ1v) is 9.64. The Morgan fingerprint density at radius 1 is 1.22 bits per heavy atom. The van der Waals surface area contributed by atoms with E-state index in [4.69, 9.17) is 23.2 Å². The van der Waals surface area contributed by atoms with Crippen molar-refractivity contribution in [3.8, 4) is 0 Å². The fourth-order valence-electron chi connectivity index (χ4n) is 1.28. The van der Waals surface area contributed by atoms with Crippen LogP contribution in [0.3, 0.4) is 0 Å². The molecule has 0 saturated carbocycles. The molecule has 0 saturated heterocycles. The molecule has 0 atom stereocenters. The molecule has 3 nitrogen and oxygen atoms in total. The van der Waals surface area contributed by atoms with Crippen LogP contribution in [0.4, 0.5) is 0 Å². The maximum absolute atomic E-state index is 12.1. The predicted molar refractivity (Wildman–Crippen MR) is 87.5 cm³/mol.